The highest BCUT2D eigenvalue weighted by molar-refractivity contribution is 6.17. The maximum Gasteiger partial charge on any atom is 0.387 e. The standard InChI is InChI=1S/C10H8ClF3O3/c1-16-9(15)6-2-5(4-11)3-7(12)8(6)17-10(13)14/h2-3,10H,4H2,1H3. The van der Waals surface area contributed by atoms with Gasteiger partial charge in [0.15, 0.2) is 11.6 Å². The number of ether oxygens (including phenoxy) is 2. The summed E-state index contributed by atoms with van der Waals surface area (Å²) in [7, 11) is 1.04. The van der Waals surface area contributed by atoms with Gasteiger partial charge >= 0.3 is 12.6 Å². The van der Waals surface area contributed by atoms with E-state index in [2.05, 4.69) is 9.47 Å². The highest BCUT2D eigenvalue weighted by Gasteiger charge is 2.21. The zero-order chi connectivity index (χ0) is 13.0. The van der Waals surface area contributed by atoms with Gasteiger partial charge in [0.05, 0.1) is 7.11 Å². The third-order valence-corrected chi connectivity index (χ3v) is 2.18. The molecule has 1 aromatic carbocycles. The molecule has 0 bridgehead atoms. The van der Waals surface area contributed by atoms with Crippen molar-refractivity contribution in [2.24, 2.45) is 0 Å². The highest BCUT2D eigenvalue weighted by Crippen LogP contribution is 2.27. The number of methoxy groups -OCH3 is 1. The van der Waals surface area contributed by atoms with Gasteiger partial charge in [-0.1, -0.05) is 0 Å². The van der Waals surface area contributed by atoms with E-state index >= 15 is 0 Å². The predicted molar refractivity (Wildman–Crippen MR) is 53.9 cm³/mol. The molecule has 0 atom stereocenters. The van der Waals surface area contributed by atoms with Crippen molar-refractivity contribution in [3.05, 3.63) is 29.1 Å². The predicted octanol–water partition coefficient (Wildman–Crippen LogP) is 2.95. The van der Waals surface area contributed by atoms with Crippen LogP contribution in [0.25, 0.3) is 0 Å². The molecule has 0 spiro atoms. The molecule has 0 N–H and O–H groups in total. The van der Waals surface area contributed by atoms with Crippen molar-refractivity contribution < 1.29 is 27.4 Å². The lowest BCUT2D eigenvalue weighted by Gasteiger charge is -2.11. The van der Waals surface area contributed by atoms with Crippen LogP contribution in [0, 0.1) is 5.82 Å². The number of rotatable bonds is 4. The van der Waals surface area contributed by atoms with Crippen LogP contribution in [-0.4, -0.2) is 19.7 Å². The van der Waals surface area contributed by atoms with Gasteiger partial charge in [-0.15, -0.1) is 11.6 Å². The van der Waals surface area contributed by atoms with Gasteiger partial charge in [0.25, 0.3) is 0 Å². The fourth-order valence-corrected chi connectivity index (χ4v) is 1.35. The molecule has 94 valence electrons. The van der Waals surface area contributed by atoms with E-state index < -0.39 is 29.7 Å². The van der Waals surface area contributed by atoms with Gasteiger partial charge < -0.3 is 9.47 Å². The quantitative estimate of drug-likeness (QED) is 0.622. The van der Waals surface area contributed by atoms with Crippen molar-refractivity contribution >= 4 is 17.6 Å². The Morgan fingerprint density at radius 2 is 2.12 bits per heavy atom. The fraction of sp³-hybridized carbons (Fsp3) is 0.300. The molecule has 0 saturated carbocycles. The topological polar surface area (TPSA) is 35.5 Å². The molecule has 0 fully saturated rings. The number of hydrogen-bond donors (Lipinski definition) is 0. The van der Waals surface area contributed by atoms with Gasteiger partial charge in [-0.3, -0.25) is 0 Å². The summed E-state index contributed by atoms with van der Waals surface area (Å²) in [6.07, 6.45) is 0. The Bertz CT molecular complexity index is 424. The number of alkyl halides is 3. The van der Waals surface area contributed by atoms with Crippen LogP contribution in [0.2, 0.25) is 0 Å². The number of hydrogen-bond acceptors (Lipinski definition) is 3. The average molecular weight is 269 g/mol. The number of carbonyl (C=O) groups excluding carboxylic acids is 1. The summed E-state index contributed by atoms with van der Waals surface area (Å²) in [6.45, 7) is -3.24. The smallest absolute Gasteiger partial charge is 0.387 e. The Labute approximate surface area is 100 Å². The van der Waals surface area contributed by atoms with E-state index in [9.17, 15) is 18.0 Å². The first-order valence-corrected chi connectivity index (χ1v) is 4.94. The summed E-state index contributed by atoms with van der Waals surface area (Å²) in [5, 5.41) is 0. The summed E-state index contributed by atoms with van der Waals surface area (Å²) in [5.41, 5.74) is -0.172. The lowest BCUT2D eigenvalue weighted by molar-refractivity contribution is -0.0527. The zero-order valence-corrected chi connectivity index (χ0v) is 9.43. The molecule has 0 aliphatic heterocycles. The average Bonchev–Trinajstić information content (AvgIpc) is 2.29. The van der Waals surface area contributed by atoms with Crippen molar-refractivity contribution in [2.45, 2.75) is 12.5 Å². The van der Waals surface area contributed by atoms with E-state index in [-0.39, 0.29) is 11.4 Å². The Kier molecular flexibility index (Phi) is 4.62. The van der Waals surface area contributed by atoms with E-state index in [0.717, 1.165) is 19.2 Å². The van der Waals surface area contributed by atoms with Crippen molar-refractivity contribution in [2.75, 3.05) is 7.11 Å². The van der Waals surface area contributed by atoms with Crippen molar-refractivity contribution in [1.29, 1.82) is 0 Å². The summed E-state index contributed by atoms with van der Waals surface area (Å²) in [6, 6.07) is 2.05. The summed E-state index contributed by atoms with van der Waals surface area (Å²) < 4.78 is 45.8. The van der Waals surface area contributed by atoms with Crippen molar-refractivity contribution in [1.82, 2.24) is 0 Å². The first kappa shape index (κ1) is 13.6. The zero-order valence-electron chi connectivity index (χ0n) is 8.68. The highest BCUT2D eigenvalue weighted by atomic mass is 35.5. The largest absolute Gasteiger partial charge is 0.465 e. The van der Waals surface area contributed by atoms with Crippen LogP contribution in [0.5, 0.6) is 5.75 Å². The van der Waals surface area contributed by atoms with Gasteiger partial charge in [0.2, 0.25) is 0 Å². The molecule has 0 aliphatic carbocycles. The third kappa shape index (κ3) is 3.26. The third-order valence-electron chi connectivity index (χ3n) is 1.87. The Morgan fingerprint density at radius 3 is 2.59 bits per heavy atom. The second kappa shape index (κ2) is 5.77. The van der Waals surface area contributed by atoms with E-state index in [4.69, 9.17) is 11.6 Å². The van der Waals surface area contributed by atoms with E-state index in [1.807, 2.05) is 0 Å². The Hall–Kier alpha value is -1.43. The number of halogens is 4. The van der Waals surface area contributed by atoms with Crippen LogP contribution in [0.1, 0.15) is 15.9 Å². The normalized spacial score (nSPS) is 10.5. The van der Waals surface area contributed by atoms with E-state index in [0.29, 0.717) is 0 Å². The van der Waals surface area contributed by atoms with Crippen molar-refractivity contribution in [3.8, 4) is 5.75 Å². The van der Waals surface area contributed by atoms with Crippen LogP contribution in [-0.2, 0) is 10.6 Å². The van der Waals surface area contributed by atoms with E-state index in [1.54, 1.807) is 0 Å². The summed E-state index contributed by atoms with van der Waals surface area (Å²) >= 11 is 5.47. The molecule has 0 aliphatic rings. The minimum Gasteiger partial charge on any atom is -0.465 e. The molecule has 0 saturated heterocycles. The summed E-state index contributed by atoms with van der Waals surface area (Å²) in [4.78, 5) is 11.3. The lowest BCUT2D eigenvalue weighted by atomic mass is 10.1. The van der Waals surface area contributed by atoms with Gasteiger partial charge in [-0.2, -0.15) is 8.78 Å². The minimum atomic E-state index is -3.24. The van der Waals surface area contributed by atoms with Crippen LogP contribution in [0.4, 0.5) is 13.2 Å². The number of carbonyl (C=O) groups is 1. The van der Waals surface area contributed by atoms with Crippen LogP contribution < -0.4 is 4.74 Å². The molecule has 0 amide bonds. The van der Waals surface area contributed by atoms with Crippen molar-refractivity contribution in [3.63, 3.8) is 0 Å². The second-order valence-corrected chi connectivity index (χ2v) is 3.23. The Balaban J connectivity index is 3.29. The fourth-order valence-electron chi connectivity index (χ4n) is 1.20. The molecule has 1 aromatic rings. The minimum absolute atomic E-state index is 0.0735. The Morgan fingerprint density at radius 1 is 1.47 bits per heavy atom. The van der Waals surface area contributed by atoms with Gasteiger partial charge in [-0.05, 0) is 17.7 Å². The molecule has 0 radical (unpaired) electrons. The van der Waals surface area contributed by atoms with Crippen LogP contribution in [0.3, 0.4) is 0 Å². The molecule has 0 unspecified atom stereocenters. The monoisotopic (exact) mass is 268 g/mol. The number of benzene rings is 1. The second-order valence-electron chi connectivity index (χ2n) is 2.96. The van der Waals surface area contributed by atoms with Gasteiger partial charge in [-0.25, -0.2) is 9.18 Å². The van der Waals surface area contributed by atoms with Crippen LogP contribution >= 0.6 is 11.6 Å². The SMILES string of the molecule is COC(=O)c1cc(CCl)cc(F)c1OC(F)F. The maximum absolute atomic E-state index is 13.4. The molecule has 0 heterocycles. The van der Waals surface area contributed by atoms with Gasteiger partial charge in [0, 0.05) is 5.88 Å². The number of esters is 1. The lowest BCUT2D eigenvalue weighted by Crippen LogP contribution is -2.11. The van der Waals surface area contributed by atoms with Crippen LogP contribution in [0.15, 0.2) is 12.1 Å². The van der Waals surface area contributed by atoms with E-state index in [1.165, 1.54) is 0 Å². The summed E-state index contributed by atoms with van der Waals surface area (Å²) in [5.74, 6) is -2.99. The molecular formula is C10H8ClF3O3. The molecule has 3 nitrogen and oxygen atoms in total. The first-order valence-electron chi connectivity index (χ1n) is 4.41. The molecule has 0 aromatic heterocycles. The molecule has 1 rings (SSSR count). The molecule has 17 heavy (non-hydrogen) atoms. The molecule has 7 heteroatoms. The first-order chi connectivity index (χ1) is 7.99. The molecular weight excluding hydrogens is 261 g/mol. The maximum atomic E-state index is 13.4. The van der Waals surface area contributed by atoms with Gasteiger partial charge in [0.1, 0.15) is 5.56 Å².